The van der Waals surface area contributed by atoms with Gasteiger partial charge in [0, 0.05) is 37.0 Å². The second-order valence-electron chi connectivity index (χ2n) is 6.34. The Bertz CT molecular complexity index is 597. The highest BCUT2D eigenvalue weighted by Gasteiger charge is 2.30. The monoisotopic (exact) mass is 366 g/mol. The summed E-state index contributed by atoms with van der Waals surface area (Å²) in [7, 11) is 0. The predicted octanol–water partition coefficient (Wildman–Crippen LogP) is 2.02. The van der Waals surface area contributed by atoms with Gasteiger partial charge in [-0.2, -0.15) is 0 Å². The van der Waals surface area contributed by atoms with Crippen LogP contribution in [0, 0.1) is 11.7 Å². The van der Waals surface area contributed by atoms with Crippen LogP contribution in [0.2, 0.25) is 0 Å². The Morgan fingerprint density at radius 2 is 1.68 bits per heavy atom. The Morgan fingerprint density at radius 3 is 2.32 bits per heavy atom. The van der Waals surface area contributed by atoms with Crippen molar-refractivity contribution in [3.63, 3.8) is 0 Å². The summed E-state index contributed by atoms with van der Waals surface area (Å²) >= 11 is 1.41. The largest absolute Gasteiger partial charge is 0.378 e. The SMILES string of the molecule is O=C(CSc1ccc(F)cc1)N1CCC(C(=O)N2CCOCC2)CC1. The van der Waals surface area contributed by atoms with Crippen LogP contribution < -0.4 is 0 Å². The molecule has 0 atom stereocenters. The lowest BCUT2D eigenvalue weighted by atomic mass is 9.95. The fraction of sp³-hybridized carbons (Fsp3) is 0.556. The molecule has 2 fully saturated rings. The number of likely N-dealkylation sites (tertiary alicyclic amines) is 1. The molecule has 7 heteroatoms. The molecule has 2 amide bonds. The first-order valence-corrected chi connectivity index (χ1v) is 9.65. The number of halogens is 1. The summed E-state index contributed by atoms with van der Waals surface area (Å²) in [6, 6.07) is 6.16. The van der Waals surface area contributed by atoms with Crippen LogP contribution in [0.1, 0.15) is 12.8 Å². The van der Waals surface area contributed by atoms with Gasteiger partial charge in [0.25, 0.3) is 0 Å². The number of rotatable bonds is 4. The molecule has 3 rings (SSSR count). The average molecular weight is 366 g/mol. The van der Waals surface area contributed by atoms with Crippen molar-refractivity contribution in [1.29, 1.82) is 0 Å². The third-order valence-electron chi connectivity index (χ3n) is 4.70. The standard InChI is InChI=1S/C18H23FN2O3S/c19-15-1-3-16(4-2-15)25-13-17(22)20-7-5-14(6-8-20)18(23)21-9-11-24-12-10-21/h1-4,14H,5-13H2. The summed E-state index contributed by atoms with van der Waals surface area (Å²) in [5, 5.41) is 0. The van der Waals surface area contributed by atoms with Gasteiger partial charge in [-0.1, -0.05) is 0 Å². The first-order chi connectivity index (χ1) is 12.1. The molecule has 0 unspecified atom stereocenters. The van der Waals surface area contributed by atoms with E-state index in [9.17, 15) is 14.0 Å². The highest BCUT2D eigenvalue weighted by molar-refractivity contribution is 8.00. The summed E-state index contributed by atoms with van der Waals surface area (Å²) in [5.74, 6) is 0.366. The number of carbonyl (C=O) groups excluding carboxylic acids is 2. The average Bonchev–Trinajstić information content (AvgIpc) is 2.67. The smallest absolute Gasteiger partial charge is 0.232 e. The number of hydrogen-bond donors (Lipinski definition) is 0. The van der Waals surface area contributed by atoms with Gasteiger partial charge in [0.1, 0.15) is 5.82 Å². The van der Waals surface area contributed by atoms with Gasteiger partial charge < -0.3 is 14.5 Å². The maximum atomic E-state index is 12.9. The van der Waals surface area contributed by atoms with E-state index in [1.54, 1.807) is 12.1 Å². The van der Waals surface area contributed by atoms with Crippen molar-refractivity contribution in [3.05, 3.63) is 30.1 Å². The minimum Gasteiger partial charge on any atom is -0.378 e. The highest BCUT2D eigenvalue weighted by atomic mass is 32.2. The molecule has 2 heterocycles. The normalized spacial score (nSPS) is 19.1. The maximum absolute atomic E-state index is 12.9. The van der Waals surface area contributed by atoms with E-state index >= 15 is 0 Å². The molecule has 0 aromatic heterocycles. The zero-order chi connectivity index (χ0) is 17.6. The summed E-state index contributed by atoms with van der Waals surface area (Å²) in [4.78, 5) is 29.4. The molecule has 0 bridgehead atoms. The summed E-state index contributed by atoms with van der Waals surface area (Å²) in [5.41, 5.74) is 0. The third-order valence-corrected chi connectivity index (χ3v) is 5.69. The van der Waals surface area contributed by atoms with E-state index in [0.29, 0.717) is 45.1 Å². The molecule has 2 aliphatic heterocycles. The number of nitrogens with zero attached hydrogens (tertiary/aromatic N) is 2. The van der Waals surface area contributed by atoms with Crippen molar-refractivity contribution in [2.24, 2.45) is 5.92 Å². The lowest BCUT2D eigenvalue weighted by molar-refractivity contribution is -0.143. The molecule has 0 aliphatic carbocycles. The second kappa shape index (κ2) is 8.67. The molecular weight excluding hydrogens is 343 g/mol. The number of carbonyl (C=O) groups is 2. The maximum Gasteiger partial charge on any atom is 0.232 e. The van der Waals surface area contributed by atoms with Crippen LogP contribution in [0.4, 0.5) is 4.39 Å². The Morgan fingerprint density at radius 1 is 1.04 bits per heavy atom. The number of amides is 2. The number of thioether (sulfide) groups is 1. The Labute approximate surface area is 151 Å². The van der Waals surface area contributed by atoms with Crippen molar-refractivity contribution >= 4 is 23.6 Å². The van der Waals surface area contributed by atoms with E-state index in [1.807, 2.05) is 9.80 Å². The number of hydrogen-bond acceptors (Lipinski definition) is 4. The van der Waals surface area contributed by atoms with Gasteiger partial charge in [0.2, 0.25) is 11.8 Å². The molecule has 5 nitrogen and oxygen atoms in total. The Hall–Kier alpha value is -1.60. The Kier molecular flexibility index (Phi) is 6.31. The van der Waals surface area contributed by atoms with Crippen LogP contribution in [0.25, 0.3) is 0 Å². The van der Waals surface area contributed by atoms with Gasteiger partial charge in [0.05, 0.1) is 19.0 Å². The van der Waals surface area contributed by atoms with Crippen LogP contribution in [-0.2, 0) is 14.3 Å². The van der Waals surface area contributed by atoms with Gasteiger partial charge in [0.15, 0.2) is 0 Å². The predicted molar refractivity (Wildman–Crippen MR) is 93.8 cm³/mol. The second-order valence-corrected chi connectivity index (χ2v) is 7.38. The van der Waals surface area contributed by atoms with Crippen molar-refractivity contribution in [1.82, 2.24) is 9.80 Å². The summed E-state index contributed by atoms with van der Waals surface area (Å²) in [6.45, 7) is 3.83. The van der Waals surface area contributed by atoms with Crippen molar-refractivity contribution in [2.45, 2.75) is 17.7 Å². The van der Waals surface area contributed by atoms with E-state index < -0.39 is 0 Å². The lowest BCUT2D eigenvalue weighted by Gasteiger charge is -2.35. The summed E-state index contributed by atoms with van der Waals surface area (Å²) < 4.78 is 18.2. The molecule has 25 heavy (non-hydrogen) atoms. The molecule has 1 aromatic carbocycles. The van der Waals surface area contributed by atoms with Crippen LogP contribution in [-0.4, -0.2) is 66.8 Å². The molecule has 2 saturated heterocycles. The number of benzene rings is 1. The quantitative estimate of drug-likeness (QED) is 0.765. The van der Waals surface area contributed by atoms with Crippen LogP contribution in [0.3, 0.4) is 0 Å². The molecule has 0 spiro atoms. The molecule has 2 aliphatic rings. The van der Waals surface area contributed by atoms with E-state index in [0.717, 1.165) is 17.7 Å². The topological polar surface area (TPSA) is 49.9 Å². The molecule has 0 saturated carbocycles. The molecule has 0 radical (unpaired) electrons. The first kappa shape index (κ1) is 18.2. The van der Waals surface area contributed by atoms with E-state index in [1.165, 1.54) is 23.9 Å². The van der Waals surface area contributed by atoms with E-state index in [-0.39, 0.29) is 23.5 Å². The molecule has 136 valence electrons. The molecule has 1 aromatic rings. The van der Waals surface area contributed by atoms with Crippen LogP contribution in [0.15, 0.2) is 29.2 Å². The zero-order valence-electron chi connectivity index (χ0n) is 14.2. The number of piperidine rings is 1. The fourth-order valence-electron chi connectivity index (χ4n) is 3.18. The highest BCUT2D eigenvalue weighted by Crippen LogP contribution is 2.23. The minimum atomic E-state index is -0.275. The van der Waals surface area contributed by atoms with Crippen molar-refractivity contribution in [2.75, 3.05) is 45.1 Å². The number of ether oxygens (including phenoxy) is 1. The van der Waals surface area contributed by atoms with E-state index in [4.69, 9.17) is 4.74 Å². The third kappa shape index (κ3) is 4.95. The van der Waals surface area contributed by atoms with Gasteiger partial charge in [-0.3, -0.25) is 9.59 Å². The number of morpholine rings is 1. The van der Waals surface area contributed by atoms with Gasteiger partial charge >= 0.3 is 0 Å². The minimum absolute atomic E-state index is 0.0203. The Balaban J connectivity index is 1.42. The van der Waals surface area contributed by atoms with Gasteiger partial charge in [-0.25, -0.2) is 4.39 Å². The zero-order valence-corrected chi connectivity index (χ0v) is 15.0. The first-order valence-electron chi connectivity index (χ1n) is 8.66. The summed E-state index contributed by atoms with van der Waals surface area (Å²) in [6.07, 6.45) is 1.45. The lowest BCUT2D eigenvalue weighted by Crippen LogP contribution is -2.47. The molecular formula is C18H23FN2O3S. The van der Waals surface area contributed by atoms with E-state index in [2.05, 4.69) is 0 Å². The van der Waals surface area contributed by atoms with Gasteiger partial charge in [-0.05, 0) is 37.1 Å². The van der Waals surface area contributed by atoms with Gasteiger partial charge in [-0.15, -0.1) is 11.8 Å². The van der Waals surface area contributed by atoms with Crippen LogP contribution >= 0.6 is 11.8 Å². The van der Waals surface area contributed by atoms with Crippen molar-refractivity contribution in [3.8, 4) is 0 Å². The van der Waals surface area contributed by atoms with Crippen LogP contribution in [0.5, 0.6) is 0 Å². The van der Waals surface area contributed by atoms with Crippen molar-refractivity contribution < 1.29 is 18.7 Å². The fourth-order valence-corrected chi connectivity index (χ4v) is 3.99. The molecule has 0 N–H and O–H groups in total.